The molecule has 0 radical (unpaired) electrons. The van der Waals surface area contributed by atoms with Crippen LogP contribution in [0.2, 0.25) is 5.02 Å². The molecule has 1 saturated heterocycles. The van der Waals surface area contributed by atoms with Crippen molar-refractivity contribution in [2.75, 3.05) is 25.1 Å². The van der Waals surface area contributed by atoms with E-state index in [1.807, 2.05) is 59.7 Å². The monoisotopic (exact) mass is 561 g/mol. The fourth-order valence-electron chi connectivity index (χ4n) is 6.11. The first-order chi connectivity index (χ1) is 19.2. The van der Waals surface area contributed by atoms with Crippen molar-refractivity contribution in [1.29, 1.82) is 0 Å². The number of imidazole rings is 1. The molecule has 0 bridgehead atoms. The molecule has 40 heavy (non-hydrogen) atoms. The SMILES string of the molecule is COC(=O)N1CCC(c2nc3c(n2C(C)C)C(c2ccc(Cl)cc2)N(c2cc(C)c4nnc(C)n4c2)C3=O)CC1. The zero-order valence-corrected chi connectivity index (χ0v) is 24.0. The number of hydrogen-bond acceptors (Lipinski definition) is 6. The van der Waals surface area contributed by atoms with Gasteiger partial charge in [-0.2, -0.15) is 0 Å². The topological polar surface area (TPSA) is 97.9 Å². The number of halogens is 1. The van der Waals surface area contributed by atoms with Gasteiger partial charge in [-0.25, -0.2) is 9.78 Å². The summed E-state index contributed by atoms with van der Waals surface area (Å²) >= 11 is 6.27. The third-order valence-corrected chi connectivity index (χ3v) is 8.28. The van der Waals surface area contributed by atoms with Crippen molar-refractivity contribution < 1.29 is 14.3 Å². The number of nitrogens with zero attached hydrogens (tertiary/aromatic N) is 7. The van der Waals surface area contributed by atoms with Gasteiger partial charge in [-0.1, -0.05) is 23.7 Å². The molecule has 4 aromatic rings. The van der Waals surface area contributed by atoms with Crippen LogP contribution in [0.4, 0.5) is 10.5 Å². The Morgan fingerprint density at radius 2 is 1.80 bits per heavy atom. The van der Waals surface area contributed by atoms with Crippen LogP contribution < -0.4 is 4.90 Å². The van der Waals surface area contributed by atoms with E-state index in [0.717, 1.165) is 52.6 Å². The summed E-state index contributed by atoms with van der Waals surface area (Å²) < 4.78 is 9.07. The van der Waals surface area contributed by atoms with Crippen LogP contribution in [0.5, 0.6) is 0 Å². The molecule has 0 spiro atoms. The molecule has 11 heteroatoms. The van der Waals surface area contributed by atoms with Crippen molar-refractivity contribution in [3.05, 3.63) is 75.7 Å². The fourth-order valence-corrected chi connectivity index (χ4v) is 6.24. The number of amides is 2. The van der Waals surface area contributed by atoms with E-state index < -0.39 is 6.04 Å². The first-order valence-corrected chi connectivity index (χ1v) is 13.9. The predicted octanol–water partition coefficient (Wildman–Crippen LogP) is 5.47. The number of benzene rings is 1. The number of methoxy groups -OCH3 is 1. The van der Waals surface area contributed by atoms with Gasteiger partial charge in [0.15, 0.2) is 11.3 Å². The van der Waals surface area contributed by atoms with Crippen LogP contribution in [0.1, 0.15) is 83.6 Å². The molecule has 6 rings (SSSR count). The zero-order valence-electron chi connectivity index (χ0n) is 23.3. The van der Waals surface area contributed by atoms with E-state index in [1.165, 1.54) is 7.11 Å². The quantitative estimate of drug-likeness (QED) is 0.327. The van der Waals surface area contributed by atoms with Gasteiger partial charge < -0.3 is 14.2 Å². The molecule has 3 aromatic heterocycles. The lowest BCUT2D eigenvalue weighted by Gasteiger charge is -2.33. The molecule has 2 amide bonds. The normalized spacial score (nSPS) is 17.8. The molecule has 208 valence electrons. The number of aromatic nitrogens is 5. The van der Waals surface area contributed by atoms with E-state index in [0.29, 0.717) is 23.8 Å². The molecule has 2 aliphatic rings. The van der Waals surface area contributed by atoms with Gasteiger partial charge in [-0.15, -0.1) is 10.2 Å². The van der Waals surface area contributed by atoms with Crippen LogP contribution in [-0.2, 0) is 4.74 Å². The number of hydrogen-bond donors (Lipinski definition) is 0. The van der Waals surface area contributed by atoms with Gasteiger partial charge in [0.1, 0.15) is 17.7 Å². The minimum absolute atomic E-state index is 0.0664. The van der Waals surface area contributed by atoms with Crippen molar-refractivity contribution in [3.63, 3.8) is 0 Å². The fraction of sp³-hybridized carbons (Fsp3) is 0.414. The Kier molecular flexibility index (Phi) is 6.53. The molecule has 1 aromatic carbocycles. The number of ether oxygens (including phenoxy) is 1. The number of fused-ring (bicyclic) bond motifs is 2. The molecular weight excluding hydrogens is 530 g/mol. The first-order valence-electron chi connectivity index (χ1n) is 13.6. The second-order valence-electron chi connectivity index (χ2n) is 10.9. The summed E-state index contributed by atoms with van der Waals surface area (Å²) in [5.41, 5.74) is 4.74. The Labute approximate surface area is 237 Å². The Hall–Kier alpha value is -3.92. The second kappa shape index (κ2) is 9.92. The van der Waals surface area contributed by atoms with E-state index in [2.05, 4.69) is 28.6 Å². The number of anilines is 1. The summed E-state index contributed by atoms with van der Waals surface area (Å²) in [6.07, 6.45) is 3.12. The highest BCUT2D eigenvalue weighted by molar-refractivity contribution is 6.30. The number of aryl methyl sites for hydroxylation is 2. The zero-order chi connectivity index (χ0) is 28.3. The van der Waals surface area contributed by atoms with Gasteiger partial charge in [0.2, 0.25) is 0 Å². The van der Waals surface area contributed by atoms with Gasteiger partial charge in [0.05, 0.1) is 18.5 Å². The molecular formula is C29H32ClN7O3. The predicted molar refractivity (Wildman–Crippen MR) is 151 cm³/mol. The smallest absolute Gasteiger partial charge is 0.409 e. The van der Waals surface area contributed by atoms with Gasteiger partial charge in [-0.3, -0.25) is 14.1 Å². The molecule has 10 nitrogen and oxygen atoms in total. The molecule has 1 atom stereocenters. The van der Waals surface area contributed by atoms with Crippen LogP contribution in [0.25, 0.3) is 5.65 Å². The maximum Gasteiger partial charge on any atom is 0.409 e. The summed E-state index contributed by atoms with van der Waals surface area (Å²) in [5, 5.41) is 9.15. The highest BCUT2D eigenvalue weighted by Gasteiger charge is 2.45. The molecule has 0 N–H and O–H groups in total. The standard InChI is InChI=1S/C29H32ClN7O3/c1-16(2)36-25-23(31-27(36)20-10-12-34(13-11-20)29(39)40-5)28(38)37(24(25)19-6-8-21(30)9-7-19)22-14-17(3)26-33-32-18(4)35(26)15-22/h6-9,14-16,20,24H,10-13H2,1-5H3. The van der Waals surface area contributed by atoms with Crippen LogP contribution >= 0.6 is 11.6 Å². The summed E-state index contributed by atoms with van der Waals surface area (Å²) in [4.78, 5) is 34.9. The van der Waals surface area contributed by atoms with E-state index in [1.54, 1.807) is 4.90 Å². The van der Waals surface area contributed by atoms with E-state index >= 15 is 0 Å². The minimum atomic E-state index is -0.396. The van der Waals surface area contributed by atoms with Gasteiger partial charge in [-0.05, 0) is 69.9 Å². The van der Waals surface area contributed by atoms with Crippen molar-refractivity contribution in [3.8, 4) is 0 Å². The lowest BCUT2D eigenvalue weighted by atomic mass is 9.95. The van der Waals surface area contributed by atoms with Crippen LogP contribution in [0, 0.1) is 13.8 Å². The Balaban J connectivity index is 1.49. The van der Waals surface area contributed by atoms with Crippen molar-refractivity contribution in [2.45, 2.75) is 58.5 Å². The number of likely N-dealkylation sites (tertiary alicyclic amines) is 1. The van der Waals surface area contributed by atoms with Crippen molar-refractivity contribution >= 4 is 34.9 Å². The van der Waals surface area contributed by atoms with Crippen molar-refractivity contribution in [2.24, 2.45) is 0 Å². The third kappa shape index (κ3) is 4.13. The van der Waals surface area contributed by atoms with Crippen LogP contribution in [-0.4, -0.2) is 61.2 Å². The van der Waals surface area contributed by atoms with E-state index in [4.69, 9.17) is 21.3 Å². The van der Waals surface area contributed by atoms with Crippen LogP contribution in [0.15, 0.2) is 36.5 Å². The lowest BCUT2D eigenvalue weighted by Crippen LogP contribution is -2.38. The van der Waals surface area contributed by atoms with Crippen molar-refractivity contribution in [1.82, 2.24) is 29.0 Å². The molecule has 1 fully saturated rings. The summed E-state index contributed by atoms with van der Waals surface area (Å²) in [6.45, 7) is 9.29. The maximum atomic E-state index is 14.3. The Morgan fingerprint density at radius 1 is 1.10 bits per heavy atom. The van der Waals surface area contributed by atoms with E-state index in [9.17, 15) is 9.59 Å². The van der Waals surface area contributed by atoms with Gasteiger partial charge in [0.25, 0.3) is 5.91 Å². The second-order valence-corrected chi connectivity index (χ2v) is 11.3. The number of carbonyl (C=O) groups is 2. The number of carbonyl (C=O) groups excluding carboxylic acids is 2. The molecule has 5 heterocycles. The first kappa shape index (κ1) is 26.3. The molecule has 0 aliphatic carbocycles. The molecule has 2 aliphatic heterocycles. The number of piperidine rings is 1. The van der Waals surface area contributed by atoms with Gasteiger partial charge in [0, 0.05) is 36.3 Å². The Morgan fingerprint density at radius 3 is 2.45 bits per heavy atom. The molecule has 1 unspecified atom stereocenters. The Bertz CT molecular complexity index is 1620. The highest BCUT2D eigenvalue weighted by atomic mass is 35.5. The minimum Gasteiger partial charge on any atom is -0.453 e. The lowest BCUT2D eigenvalue weighted by molar-refractivity contribution is 0.0989. The highest BCUT2D eigenvalue weighted by Crippen LogP contribution is 2.45. The maximum absolute atomic E-state index is 14.3. The largest absolute Gasteiger partial charge is 0.453 e. The average molecular weight is 562 g/mol. The number of pyridine rings is 1. The number of rotatable bonds is 4. The van der Waals surface area contributed by atoms with Crippen LogP contribution in [0.3, 0.4) is 0 Å². The summed E-state index contributed by atoms with van der Waals surface area (Å²) in [6, 6.07) is 9.32. The average Bonchev–Trinajstić information content (AvgIpc) is 3.60. The van der Waals surface area contributed by atoms with E-state index in [-0.39, 0.29) is 24.0 Å². The third-order valence-electron chi connectivity index (χ3n) is 8.03. The summed E-state index contributed by atoms with van der Waals surface area (Å²) in [5.74, 6) is 1.63. The van der Waals surface area contributed by atoms with Gasteiger partial charge >= 0.3 is 6.09 Å². The summed E-state index contributed by atoms with van der Waals surface area (Å²) in [7, 11) is 1.41. The molecule has 0 saturated carbocycles.